The lowest BCUT2D eigenvalue weighted by molar-refractivity contribution is -0.138. The smallest absolute Gasteiger partial charge is 0.375 e. The highest BCUT2D eigenvalue weighted by atomic mass is 19.4. The van der Waals surface area contributed by atoms with Crippen molar-refractivity contribution in [3.63, 3.8) is 0 Å². The molecule has 0 saturated heterocycles. The van der Waals surface area contributed by atoms with Gasteiger partial charge in [0.2, 0.25) is 11.8 Å². The Balaban J connectivity index is 1.64. The summed E-state index contributed by atoms with van der Waals surface area (Å²) in [4.78, 5) is 28.5. The summed E-state index contributed by atoms with van der Waals surface area (Å²) in [5.74, 6) is -3.74. The van der Waals surface area contributed by atoms with E-state index in [-0.39, 0.29) is 30.1 Å². The molecular formula is C31H27F3N3O3+. The Kier molecular flexibility index (Phi) is 8.61. The molecule has 0 bridgehead atoms. The summed E-state index contributed by atoms with van der Waals surface area (Å²) >= 11 is 0. The Hall–Kier alpha value is -4.55. The maximum atomic E-state index is 13.9. The monoisotopic (exact) mass is 546 g/mol. The third kappa shape index (κ3) is 6.19. The zero-order chi connectivity index (χ0) is 28.9. The standard InChI is InChI=1S/C31H26F3N3O3/c1-20-11-13-23(14-12-20)27-26(18-35)21(2)37(25-10-6-9-24(17-25)31(32,33)34)30(39)28(27)29(38)36-15-16-40-19-22-7-4-3-5-8-22/h3-14,17,27-28H,1,15-16,19H2,2H3/p+1. The minimum atomic E-state index is -4.64. The minimum Gasteiger partial charge on any atom is -0.375 e. The van der Waals surface area contributed by atoms with Crippen molar-refractivity contribution in [2.24, 2.45) is 11.8 Å². The van der Waals surface area contributed by atoms with Crippen LogP contribution < -0.4 is 10.2 Å². The lowest BCUT2D eigenvalue weighted by Crippen LogP contribution is -2.51. The predicted molar refractivity (Wildman–Crippen MR) is 144 cm³/mol. The van der Waals surface area contributed by atoms with Gasteiger partial charge in [0.05, 0.1) is 41.9 Å². The Bertz CT molecular complexity index is 1430. The van der Waals surface area contributed by atoms with Gasteiger partial charge in [0.1, 0.15) is 5.92 Å². The zero-order valence-corrected chi connectivity index (χ0v) is 21.7. The van der Waals surface area contributed by atoms with Gasteiger partial charge in [-0.05, 0) is 37.3 Å². The number of nitrogens with zero attached hydrogens (tertiary/aromatic N) is 2. The number of hydrogen-bond acceptors (Lipinski definition) is 4. The molecule has 1 N–H and O–H groups in total. The molecule has 0 fully saturated rings. The highest BCUT2D eigenvalue weighted by Gasteiger charge is 2.48. The van der Waals surface area contributed by atoms with Crippen molar-refractivity contribution in [2.45, 2.75) is 19.7 Å². The number of ether oxygens (including phenoxy) is 1. The van der Waals surface area contributed by atoms with Gasteiger partial charge in [-0.2, -0.15) is 18.4 Å². The van der Waals surface area contributed by atoms with Crippen LogP contribution in [0.15, 0.2) is 102 Å². The number of hydrogen-bond donors (Lipinski definition) is 1. The van der Waals surface area contributed by atoms with Crippen molar-refractivity contribution in [3.8, 4) is 6.07 Å². The van der Waals surface area contributed by atoms with Gasteiger partial charge < -0.3 is 10.1 Å². The molecule has 40 heavy (non-hydrogen) atoms. The van der Waals surface area contributed by atoms with E-state index in [1.165, 1.54) is 19.1 Å². The first-order valence-corrected chi connectivity index (χ1v) is 12.5. The molecule has 6 nitrogen and oxygen atoms in total. The van der Waals surface area contributed by atoms with E-state index in [2.05, 4.69) is 18.0 Å². The van der Waals surface area contributed by atoms with E-state index in [1.807, 2.05) is 30.3 Å². The number of rotatable bonds is 8. The second-order valence-electron chi connectivity index (χ2n) is 9.36. The fourth-order valence-corrected chi connectivity index (χ4v) is 4.72. The van der Waals surface area contributed by atoms with Gasteiger partial charge in [-0.15, -0.1) is 0 Å². The quantitative estimate of drug-likeness (QED) is 0.263. The maximum Gasteiger partial charge on any atom is 0.416 e. The Morgan fingerprint density at radius 1 is 1.18 bits per heavy atom. The van der Waals surface area contributed by atoms with Gasteiger partial charge in [0, 0.05) is 48.2 Å². The van der Waals surface area contributed by atoms with Crippen molar-refractivity contribution in [3.05, 3.63) is 119 Å². The van der Waals surface area contributed by atoms with Crippen molar-refractivity contribution in [2.75, 3.05) is 18.1 Å². The number of amides is 2. The highest BCUT2D eigenvalue weighted by Crippen LogP contribution is 2.42. The van der Waals surface area contributed by atoms with E-state index >= 15 is 0 Å². The average Bonchev–Trinajstić information content (AvgIpc) is 2.93. The summed E-state index contributed by atoms with van der Waals surface area (Å²) in [6, 6.07) is 15.8. The first kappa shape index (κ1) is 28.5. The van der Waals surface area contributed by atoms with Gasteiger partial charge in [-0.25, -0.2) is 0 Å². The Morgan fingerprint density at radius 3 is 2.58 bits per heavy atom. The molecule has 2 amide bonds. The molecule has 0 saturated carbocycles. The number of benzene rings is 2. The first-order chi connectivity index (χ1) is 19.1. The van der Waals surface area contributed by atoms with Crippen LogP contribution in [0.3, 0.4) is 0 Å². The maximum absolute atomic E-state index is 13.9. The van der Waals surface area contributed by atoms with E-state index in [9.17, 15) is 28.0 Å². The number of carbonyl (C=O) groups is 2. The largest absolute Gasteiger partial charge is 0.416 e. The topological polar surface area (TPSA) is 82.4 Å². The highest BCUT2D eigenvalue weighted by molar-refractivity contribution is 6.11. The van der Waals surface area contributed by atoms with Crippen molar-refractivity contribution in [1.29, 1.82) is 5.26 Å². The average molecular weight is 547 g/mol. The van der Waals surface area contributed by atoms with E-state index in [0.29, 0.717) is 17.8 Å². The lowest BCUT2D eigenvalue weighted by atomic mass is 9.74. The van der Waals surface area contributed by atoms with Crippen LogP contribution in [0.2, 0.25) is 0 Å². The van der Waals surface area contributed by atoms with Crippen molar-refractivity contribution < 1.29 is 27.5 Å². The molecule has 2 atom stereocenters. The molecule has 0 radical (unpaired) electrons. The number of nitriles is 1. The lowest BCUT2D eigenvalue weighted by Gasteiger charge is -2.37. The fourth-order valence-electron chi connectivity index (χ4n) is 4.72. The molecule has 204 valence electrons. The van der Waals surface area contributed by atoms with Crippen LogP contribution >= 0.6 is 0 Å². The summed E-state index contributed by atoms with van der Waals surface area (Å²) < 4.78 is 46.0. The number of alkyl halides is 3. The summed E-state index contributed by atoms with van der Waals surface area (Å²) in [5.41, 5.74) is 1.43. The molecule has 0 aromatic heterocycles. The second kappa shape index (κ2) is 12.1. The van der Waals surface area contributed by atoms with Gasteiger partial charge in [0.25, 0.3) is 0 Å². The molecule has 1 heterocycles. The molecule has 2 aliphatic rings. The van der Waals surface area contributed by atoms with Crippen LogP contribution in [0.25, 0.3) is 0 Å². The summed E-state index contributed by atoms with van der Waals surface area (Å²) in [5, 5.41) is 12.9. The van der Waals surface area contributed by atoms with E-state index in [1.54, 1.807) is 24.6 Å². The first-order valence-electron chi connectivity index (χ1n) is 12.5. The van der Waals surface area contributed by atoms with E-state index < -0.39 is 35.4 Å². The van der Waals surface area contributed by atoms with Crippen LogP contribution in [0.4, 0.5) is 18.9 Å². The fraction of sp³-hybridized carbons (Fsp3) is 0.226. The molecule has 9 heteroatoms. The van der Waals surface area contributed by atoms with Gasteiger partial charge in [0.15, 0.2) is 0 Å². The molecular weight excluding hydrogens is 519 g/mol. The number of nitrogens with one attached hydrogen (secondary N) is 1. The molecule has 0 spiro atoms. The molecule has 2 unspecified atom stereocenters. The van der Waals surface area contributed by atoms with Crippen molar-refractivity contribution in [1.82, 2.24) is 5.32 Å². The van der Waals surface area contributed by atoms with Crippen LogP contribution in [-0.2, 0) is 27.1 Å². The van der Waals surface area contributed by atoms with Crippen LogP contribution in [0, 0.1) is 29.6 Å². The van der Waals surface area contributed by atoms with E-state index in [4.69, 9.17) is 4.74 Å². The number of anilines is 1. The Labute approximate surface area is 230 Å². The third-order valence-corrected chi connectivity index (χ3v) is 6.69. The number of allylic oxidation sites excluding steroid dienone is 7. The van der Waals surface area contributed by atoms with Crippen LogP contribution in [0.5, 0.6) is 0 Å². The normalized spacial score (nSPS) is 19.2. The third-order valence-electron chi connectivity index (χ3n) is 6.69. The summed E-state index contributed by atoms with van der Waals surface area (Å²) in [6.45, 7) is 5.94. The number of carbonyl (C=O) groups excluding carboxylic acids is 2. The van der Waals surface area contributed by atoms with Crippen LogP contribution in [-0.4, -0.2) is 25.0 Å². The zero-order valence-electron chi connectivity index (χ0n) is 21.7. The second-order valence-corrected chi connectivity index (χ2v) is 9.36. The predicted octanol–water partition coefficient (Wildman–Crippen LogP) is 5.67. The summed E-state index contributed by atoms with van der Waals surface area (Å²) in [7, 11) is 0. The molecule has 1 aliphatic carbocycles. The minimum absolute atomic E-state index is 0.0828. The molecule has 2 aromatic rings. The molecule has 2 aromatic carbocycles. The van der Waals surface area contributed by atoms with Crippen LogP contribution in [0.1, 0.15) is 18.1 Å². The van der Waals surface area contributed by atoms with Gasteiger partial charge in [-0.1, -0.05) is 36.4 Å². The molecule has 1 aliphatic heterocycles. The van der Waals surface area contributed by atoms with Gasteiger partial charge >= 0.3 is 6.18 Å². The van der Waals surface area contributed by atoms with Gasteiger partial charge in [-0.3, -0.25) is 14.5 Å². The Morgan fingerprint density at radius 2 is 1.93 bits per heavy atom. The molecule has 4 rings (SSSR count). The van der Waals surface area contributed by atoms with Crippen molar-refractivity contribution >= 4 is 17.5 Å². The van der Waals surface area contributed by atoms with E-state index in [0.717, 1.165) is 22.6 Å². The number of halogens is 3. The summed E-state index contributed by atoms with van der Waals surface area (Å²) in [6.07, 6.45) is 2.15. The SMILES string of the molecule is C=C1C=CC(C2C(C#N)=C(C)N(c3cccc(C(F)(F)F)c3)C(=O)C2C(=O)NCCOCc2ccccc2)=C[CH+]1.